The molecule has 126 valence electrons. The minimum absolute atomic E-state index is 0.0219. The van der Waals surface area contributed by atoms with Gasteiger partial charge in [-0.15, -0.1) is 0 Å². The molecule has 1 aliphatic heterocycles. The van der Waals surface area contributed by atoms with Crippen molar-refractivity contribution in [3.8, 4) is 5.75 Å². The van der Waals surface area contributed by atoms with Crippen LogP contribution in [0.15, 0.2) is 53.0 Å². The van der Waals surface area contributed by atoms with Crippen LogP contribution >= 0.6 is 15.9 Å². The molecule has 1 atom stereocenters. The van der Waals surface area contributed by atoms with Crippen LogP contribution in [0.5, 0.6) is 5.75 Å². The van der Waals surface area contributed by atoms with Gasteiger partial charge in [-0.05, 0) is 37.1 Å². The van der Waals surface area contributed by atoms with Crippen molar-refractivity contribution in [2.24, 2.45) is 11.7 Å². The van der Waals surface area contributed by atoms with Crippen LogP contribution in [0.3, 0.4) is 0 Å². The maximum absolute atomic E-state index is 12.8. The van der Waals surface area contributed by atoms with Crippen LogP contribution in [-0.2, 0) is 6.61 Å². The average molecular weight is 389 g/mol. The number of nitrogens with two attached hydrogens (primary N) is 1. The third kappa shape index (κ3) is 3.79. The second kappa shape index (κ2) is 7.81. The lowest BCUT2D eigenvalue weighted by Crippen LogP contribution is -2.30. The van der Waals surface area contributed by atoms with Gasteiger partial charge in [0.25, 0.3) is 5.91 Å². The number of nitrogens with zero attached hydrogens (tertiary/aromatic N) is 1. The monoisotopic (exact) mass is 388 g/mol. The van der Waals surface area contributed by atoms with Crippen molar-refractivity contribution in [1.82, 2.24) is 4.90 Å². The van der Waals surface area contributed by atoms with Crippen molar-refractivity contribution >= 4 is 21.8 Å². The highest BCUT2D eigenvalue weighted by atomic mass is 79.9. The third-order valence-corrected chi connectivity index (χ3v) is 5.14. The van der Waals surface area contributed by atoms with Gasteiger partial charge in [-0.3, -0.25) is 4.79 Å². The fraction of sp³-hybridized carbons (Fsp3) is 0.316. The molecule has 0 aromatic heterocycles. The molecular formula is C19H21BrN2O2. The number of rotatable bonds is 5. The molecule has 1 fully saturated rings. The molecule has 1 heterocycles. The minimum Gasteiger partial charge on any atom is -0.488 e. The predicted octanol–water partition coefficient (Wildman–Crippen LogP) is 3.45. The zero-order chi connectivity index (χ0) is 16.9. The first-order valence-electron chi connectivity index (χ1n) is 8.13. The summed E-state index contributed by atoms with van der Waals surface area (Å²) in [6, 6.07) is 15.3. The standard InChI is InChI=1S/C19H21BrN2O2/c20-17-7-3-1-5-15(17)13-24-18-8-4-2-6-16(18)19(23)22-10-9-14(11-21)12-22/h1-8,14H,9-13,21H2/t14-/m1/s1. The molecule has 0 bridgehead atoms. The summed E-state index contributed by atoms with van der Waals surface area (Å²) >= 11 is 3.52. The van der Waals surface area contributed by atoms with Crippen LogP contribution in [0.4, 0.5) is 0 Å². The number of likely N-dealkylation sites (tertiary alicyclic amines) is 1. The molecule has 3 rings (SSSR count). The topological polar surface area (TPSA) is 55.6 Å². The Kier molecular flexibility index (Phi) is 5.53. The molecule has 0 saturated carbocycles. The Labute approximate surface area is 150 Å². The average Bonchev–Trinajstić information content (AvgIpc) is 3.10. The van der Waals surface area contributed by atoms with Crippen molar-refractivity contribution in [3.63, 3.8) is 0 Å². The summed E-state index contributed by atoms with van der Waals surface area (Å²) in [6.07, 6.45) is 0.974. The second-order valence-electron chi connectivity index (χ2n) is 6.02. The number of carbonyl (C=O) groups excluding carboxylic acids is 1. The molecule has 1 aliphatic rings. The van der Waals surface area contributed by atoms with Gasteiger partial charge in [0.05, 0.1) is 5.56 Å². The zero-order valence-corrected chi connectivity index (χ0v) is 15.0. The lowest BCUT2D eigenvalue weighted by molar-refractivity contribution is 0.0782. The number of benzene rings is 2. The van der Waals surface area contributed by atoms with E-state index >= 15 is 0 Å². The number of ether oxygens (including phenoxy) is 1. The van der Waals surface area contributed by atoms with E-state index in [9.17, 15) is 4.79 Å². The van der Waals surface area contributed by atoms with Crippen molar-refractivity contribution < 1.29 is 9.53 Å². The van der Waals surface area contributed by atoms with Gasteiger partial charge < -0.3 is 15.4 Å². The molecule has 2 aromatic rings. The molecule has 1 amide bonds. The fourth-order valence-corrected chi connectivity index (χ4v) is 3.32. The van der Waals surface area contributed by atoms with E-state index in [4.69, 9.17) is 10.5 Å². The molecule has 1 saturated heterocycles. The summed E-state index contributed by atoms with van der Waals surface area (Å²) in [5, 5.41) is 0. The highest BCUT2D eigenvalue weighted by Crippen LogP contribution is 2.25. The predicted molar refractivity (Wildman–Crippen MR) is 98.0 cm³/mol. The number of para-hydroxylation sites is 1. The molecule has 5 heteroatoms. The Morgan fingerprint density at radius 2 is 1.96 bits per heavy atom. The largest absolute Gasteiger partial charge is 0.488 e. The first kappa shape index (κ1) is 17.0. The fourth-order valence-electron chi connectivity index (χ4n) is 2.92. The van der Waals surface area contributed by atoms with Gasteiger partial charge in [-0.25, -0.2) is 0 Å². The second-order valence-corrected chi connectivity index (χ2v) is 6.87. The van der Waals surface area contributed by atoms with Gasteiger partial charge >= 0.3 is 0 Å². The van der Waals surface area contributed by atoms with Gasteiger partial charge in [0, 0.05) is 23.1 Å². The summed E-state index contributed by atoms with van der Waals surface area (Å²) in [4.78, 5) is 14.7. The molecule has 2 aromatic carbocycles. The maximum atomic E-state index is 12.8. The Morgan fingerprint density at radius 1 is 1.21 bits per heavy atom. The summed E-state index contributed by atoms with van der Waals surface area (Å²) in [5.41, 5.74) is 7.38. The molecule has 0 unspecified atom stereocenters. The van der Waals surface area contributed by atoms with E-state index in [1.54, 1.807) is 0 Å². The molecule has 0 spiro atoms. The van der Waals surface area contributed by atoms with E-state index in [2.05, 4.69) is 15.9 Å². The highest BCUT2D eigenvalue weighted by molar-refractivity contribution is 9.10. The number of halogens is 1. The molecule has 4 nitrogen and oxygen atoms in total. The molecule has 2 N–H and O–H groups in total. The third-order valence-electron chi connectivity index (χ3n) is 4.36. The first-order chi connectivity index (χ1) is 11.7. The highest BCUT2D eigenvalue weighted by Gasteiger charge is 2.27. The molecule has 0 radical (unpaired) electrons. The summed E-state index contributed by atoms with van der Waals surface area (Å²) in [7, 11) is 0. The quantitative estimate of drug-likeness (QED) is 0.852. The van der Waals surface area contributed by atoms with E-state index in [0.29, 0.717) is 30.4 Å². The van der Waals surface area contributed by atoms with Crippen molar-refractivity contribution in [2.75, 3.05) is 19.6 Å². The zero-order valence-electron chi connectivity index (χ0n) is 13.5. The van der Waals surface area contributed by atoms with Crippen LogP contribution < -0.4 is 10.5 Å². The van der Waals surface area contributed by atoms with Crippen LogP contribution in [0, 0.1) is 5.92 Å². The Bertz CT molecular complexity index is 720. The number of carbonyl (C=O) groups is 1. The lowest BCUT2D eigenvalue weighted by atomic mass is 10.1. The molecule has 0 aliphatic carbocycles. The van der Waals surface area contributed by atoms with Gasteiger partial charge in [0.2, 0.25) is 0 Å². The normalized spacial score (nSPS) is 17.1. The number of hydrogen-bond donors (Lipinski definition) is 1. The van der Waals surface area contributed by atoms with Crippen LogP contribution in [0.1, 0.15) is 22.3 Å². The maximum Gasteiger partial charge on any atom is 0.257 e. The number of amides is 1. The van der Waals surface area contributed by atoms with Crippen LogP contribution in [0.2, 0.25) is 0 Å². The summed E-state index contributed by atoms with van der Waals surface area (Å²) in [5.74, 6) is 1.05. The van der Waals surface area contributed by atoms with Crippen LogP contribution in [-0.4, -0.2) is 30.4 Å². The Hall–Kier alpha value is -1.85. The molecular weight excluding hydrogens is 368 g/mol. The Balaban J connectivity index is 1.73. The van der Waals surface area contributed by atoms with E-state index in [-0.39, 0.29) is 5.91 Å². The summed E-state index contributed by atoms with van der Waals surface area (Å²) < 4.78 is 6.93. The van der Waals surface area contributed by atoms with E-state index in [1.807, 2.05) is 53.4 Å². The van der Waals surface area contributed by atoms with Crippen molar-refractivity contribution in [3.05, 3.63) is 64.1 Å². The van der Waals surface area contributed by atoms with E-state index in [1.165, 1.54) is 0 Å². The van der Waals surface area contributed by atoms with Gasteiger partial charge in [-0.2, -0.15) is 0 Å². The summed E-state index contributed by atoms with van der Waals surface area (Å²) in [6.45, 7) is 2.54. The van der Waals surface area contributed by atoms with E-state index in [0.717, 1.165) is 29.5 Å². The van der Waals surface area contributed by atoms with Crippen molar-refractivity contribution in [1.29, 1.82) is 0 Å². The molecule has 24 heavy (non-hydrogen) atoms. The SMILES string of the molecule is NC[C@H]1CCN(C(=O)c2ccccc2OCc2ccccc2Br)C1. The minimum atomic E-state index is 0.0219. The smallest absolute Gasteiger partial charge is 0.257 e. The lowest BCUT2D eigenvalue weighted by Gasteiger charge is -2.18. The van der Waals surface area contributed by atoms with E-state index < -0.39 is 0 Å². The van der Waals surface area contributed by atoms with Gasteiger partial charge in [0.15, 0.2) is 0 Å². The Morgan fingerprint density at radius 3 is 2.71 bits per heavy atom. The first-order valence-corrected chi connectivity index (χ1v) is 8.93. The van der Waals surface area contributed by atoms with Crippen molar-refractivity contribution in [2.45, 2.75) is 13.0 Å². The number of hydrogen-bond acceptors (Lipinski definition) is 3. The van der Waals surface area contributed by atoms with Gasteiger partial charge in [0.1, 0.15) is 12.4 Å². The van der Waals surface area contributed by atoms with Crippen LogP contribution in [0.25, 0.3) is 0 Å². The van der Waals surface area contributed by atoms with Gasteiger partial charge in [-0.1, -0.05) is 46.3 Å².